The first-order chi connectivity index (χ1) is 19.0. The van der Waals surface area contributed by atoms with Gasteiger partial charge in [0.2, 0.25) is 0 Å². The van der Waals surface area contributed by atoms with E-state index in [1.807, 2.05) is 0 Å². The second kappa shape index (κ2) is 30.7. The van der Waals surface area contributed by atoms with Gasteiger partial charge in [-0.3, -0.25) is 0 Å². The molecule has 0 aliphatic heterocycles. The zero-order chi connectivity index (χ0) is 28.8. The van der Waals surface area contributed by atoms with Crippen molar-refractivity contribution in [3.05, 3.63) is 0 Å². The topological polar surface area (TPSA) is 93.1 Å². The second-order valence-electron chi connectivity index (χ2n) is 11.3. The fourth-order valence-electron chi connectivity index (χ4n) is 4.83. The Kier molecular flexibility index (Phi) is 30.6. The monoisotopic (exact) mass is 750 g/mol. The first-order valence-electron chi connectivity index (χ1n) is 16.5. The molecule has 0 fully saturated rings. The average Bonchev–Trinajstić information content (AvgIpc) is 2.93. The van der Waals surface area contributed by atoms with Crippen molar-refractivity contribution >= 4 is 37.1 Å². The predicted octanol–water partition coefficient (Wildman–Crippen LogP) is 8.51. The first kappa shape index (κ1) is 38.8. The van der Waals surface area contributed by atoms with E-state index in [1.165, 1.54) is 116 Å². The molecule has 7 heteroatoms. The normalized spacial score (nSPS) is 12.8. The predicted molar refractivity (Wildman–Crippen MR) is 161 cm³/mol. The molecular weight excluding hydrogens is 688 g/mol. The number of carbonyl (C=O) groups is 2. The molecule has 0 aromatic carbocycles. The van der Waals surface area contributed by atoms with E-state index < -0.39 is 49.3 Å². The number of unbranched alkanes of at least 4 members (excludes halogenated alkanes) is 22. The van der Waals surface area contributed by atoms with Crippen LogP contribution in [0.3, 0.4) is 0 Å². The molecule has 2 radical (unpaired) electrons. The van der Waals surface area contributed by atoms with Crippen molar-refractivity contribution in [2.24, 2.45) is 0 Å². The second-order valence-corrected chi connectivity index (χ2v) is 13.5. The van der Waals surface area contributed by atoms with E-state index in [1.54, 1.807) is 0 Å². The molecular formula is C32H62O6Pb. The standard InChI is InChI=1S/2C16H32O3.Pb/c2*1-2-3-4-5-6-7-8-9-10-11-12-13-14-15(17)16(18)19;/h2*15,17H,2-14H2,1H3,(H,18,19);/q;;+2/p-2. The summed E-state index contributed by atoms with van der Waals surface area (Å²) in [4.78, 5) is 23.9. The van der Waals surface area contributed by atoms with Crippen LogP contribution in [0.25, 0.3) is 0 Å². The van der Waals surface area contributed by atoms with Gasteiger partial charge in [-0.1, -0.05) is 65.2 Å². The van der Waals surface area contributed by atoms with Gasteiger partial charge in [0.15, 0.2) is 0 Å². The smallest absolute Gasteiger partial charge is 0.0654 e. The molecule has 0 amide bonds. The molecule has 2 atom stereocenters. The Morgan fingerprint density at radius 2 is 0.692 bits per heavy atom. The Balaban J connectivity index is 3.54. The molecule has 0 aliphatic carbocycles. The van der Waals surface area contributed by atoms with Crippen molar-refractivity contribution in [1.82, 2.24) is 0 Å². The summed E-state index contributed by atoms with van der Waals surface area (Å²) in [5.41, 5.74) is 0. The molecule has 0 rings (SSSR count). The SMILES string of the molecule is CCCCCCCCCCCCCCC(O)C(=O)[O][Pb][O]C(=O)C(O)CCCCCCCCCCCCCC. The Bertz CT molecular complexity index is 499. The summed E-state index contributed by atoms with van der Waals surface area (Å²) in [5, 5.41) is 20.0. The molecule has 0 aromatic rings. The molecule has 6 nitrogen and oxygen atoms in total. The molecule has 0 saturated heterocycles. The van der Waals surface area contributed by atoms with E-state index in [-0.39, 0.29) is 0 Å². The minimum Gasteiger partial charge on any atom is -0.0654 e. The van der Waals surface area contributed by atoms with Gasteiger partial charge in [-0.25, -0.2) is 0 Å². The summed E-state index contributed by atoms with van der Waals surface area (Å²) < 4.78 is 10.1. The van der Waals surface area contributed by atoms with Crippen LogP contribution in [0.4, 0.5) is 0 Å². The van der Waals surface area contributed by atoms with Gasteiger partial charge >= 0.3 is 190 Å². The summed E-state index contributed by atoms with van der Waals surface area (Å²) in [6, 6.07) is 0. The third kappa shape index (κ3) is 27.7. The van der Waals surface area contributed by atoms with Gasteiger partial charge in [-0.05, 0) is 0 Å². The van der Waals surface area contributed by atoms with Crippen LogP contribution in [0.2, 0.25) is 0 Å². The van der Waals surface area contributed by atoms with Crippen molar-refractivity contribution in [2.45, 2.75) is 193 Å². The van der Waals surface area contributed by atoms with Gasteiger partial charge in [0, 0.05) is 0 Å². The van der Waals surface area contributed by atoms with E-state index in [0.717, 1.165) is 38.5 Å². The van der Waals surface area contributed by atoms with Crippen molar-refractivity contribution in [2.75, 3.05) is 0 Å². The molecule has 0 bridgehead atoms. The van der Waals surface area contributed by atoms with Crippen molar-refractivity contribution in [3.8, 4) is 0 Å². The summed E-state index contributed by atoms with van der Waals surface area (Å²) in [5.74, 6) is -1.38. The summed E-state index contributed by atoms with van der Waals surface area (Å²) in [7, 11) is 0. The Labute approximate surface area is 254 Å². The van der Waals surface area contributed by atoms with Crippen LogP contribution in [-0.4, -0.2) is 59.5 Å². The van der Waals surface area contributed by atoms with E-state index in [0.29, 0.717) is 12.8 Å². The van der Waals surface area contributed by atoms with Crippen molar-refractivity contribution in [3.63, 3.8) is 0 Å². The zero-order valence-corrected chi connectivity index (χ0v) is 29.5. The van der Waals surface area contributed by atoms with Crippen LogP contribution in [0.5, 0.6) is 0 Å². The molecule has 39 heavy (non-hydrogen) atoms. The number of rotatable bonds is 30. The summed E-state index contributed by atoms with van der Waals surface area (Å²) in [6.45, 7) is 4.49. The Morgan fingerprint density at radius 3 is 0.949 bits per heavy atom. The third-order valence-corrected chi connectivity index (χ3v) is 9.70. The Morgan fingerprint density at radius 1 is 0.462 bits per heavy atom. The molecule has 0 aromatic heterocycles. The fourth-order valence-corrected chi connectivity index (χ4v) is 6.69. The Hall–Kier alpha value is -0.218. The van der Waals surface area contributed by atoms with Crippen LogP contribution in [0.15, 0.2) is 0 Å². The van der Waals surface area contributed by atoms with Gasteiger partial charge in [0.25, 0.3) is 0 Å². The number of aliphatic hydroxyl groups is 2. The number of carbonyl (C=O) groups excluding carboxylic acids is 2. The zero-order valence-electron chi connectivity index (χ0n) is 25.6. The minimum absolute atomic E-state index is 0.384. The molecule has 0 saturated carbocycles. The van der Waals surface area contributed by atoms with Crippen molar-refractivity contribution < 1.29 is 25.2 Å². The third-order valence-electron chi connectivity index (χ3n) is 7.49. The van der Waals surface area contributed by atoms with Crippen LogP contribution in [0.1, 0.15) is 181 Å². The maximum atomic E-state index is 11.9. The molecule has 2 N–H and O–H groups in total. The van der Waals surface area contributed by atoms with Gasteiger partial charge in [-0.15, -0.1) is 0 Å². The van der Waals surface area contributed by atoms with Gasteiger partial charge in [0.05, 0.1) is 0 Å². The van der Waals surface area contributed by atoms with Crippen LogP contribution in [0, 0.1) is 0 Å². The van der Waals surface area contributed by atoms with E-state index in [4.69, 9.17) is 5.37 Å². The average molecular weight is 750 g/mol. The summed E-state index contributed by atoms with van der Waals surface area (Å²) >= 11 is -2.42. The van der Waals surface area contributed by atoms with Gasteiger partial charge in [0.1, 0.15) is 0 Å². The molecule has 0 aliphatic rings. The number of aliphatic hydroxyl groups excluding tert-OH is 2. The van der Waals surface area contributed by atoms with Crippen LogP contribution < -0.4 is 0 Å². The van der Waals surface area contributed by atoms with Gasteiger partial charge in [-0.2, -0.15) is 0 Å². The minimum atomic E-state index is -2.42. The summed E-state index contributed by atoms with van der Waals surface area (Å²) in [6.07, 6.45) is 28.0. The quantitative estimate of drug-likeness (QED) is 0.0566. The first-order valence-corrected chi connectivity index (χ1v) is 19.7. The van der Waals surface area contributed by atoms with Crippen molar-refractivity contribution in [1.29, 1.82) is 0 Å². The molecule has 2 unspecified atom stereocenters. The van der Waals surface area contributed by atoms with E-state index in [2.05, 4.69) is 13.8 Å². The number of hydrogen-bond donors (Lipinski definition) is 2. The van der Waals surface area contributed by atoms with E-state index >= 15 is 0 Å². The van der Waals surface area contributed by atoms with Crippen LogP contribution >= 0.6 is 0 Å². The number of hydrogen-bond acceptors (Lipinski definition) is 6. The fraction of sp³-hybridized carbons (Fsp3) is 0.938. The maximum absolute atomic E-state index is 11.9. The van der Waals surface area contributed by atoms with Crippen LogP contribution in [-0.2, 0) is 15.0 Å². The molecule has 230 valence electrons. The van der Waals surface area contributed by atoms with E-state index in [9.17, 15) is 19.8 Å². The molecule has 0 spiro atoms. The van der Waals surface area contributed by atoms with Gasteiger partial charge < -0.3 is 0 Å². The molecule has 0 heterocycles.